The molecule has 19 heavy (non-hydrogen) atoms. The van der Waals surface area contributed by atoms with Gasteiger partial charge in [0.05, 0.1) is 18.2 Å². The number of nitrogens with zero attached hydrogens (tertiary/aromatic N) is 2. The Hall–Kier alpha value is -1.69. The van der Waals surface area contributed by atoms with E-state index in [9.17, 15) is 9.59 Å². The minimum absolute atomic E-state index is 0.0521. The molecule has 6 nitrogen and oxygen atoms in total. The Kier molecular flexibility index (Phi) is 2.89. The molecule has 0 aromatic carbocycles. The summed E-state index contributed by atoms with van der Waals surface area (Å²) in [7, 11) is 0. The van der Waals surface area contributed by atoms with Gasteiger partial charge in [-0.2, -0.15) is 0 Å². The van der Waals surface area contributed by atoms with Gasteiger partial charge in [-0.1, -0.05) is 5.16 Å². The van der Waals surface area contributed by atoms with Crippen LogP contribution in [0.4, 0.5) is 0 Å². The van der Waals surface area contributed by atoms with Gasteiger partial charge in [-0.3, -0.25) is 14.5 Å². The highest BCUT2D eigenvalue weighted by atomic mass is 16.5. The Balaban J connectivity index is 1.65. The van der Waals surface area contributed by atoms with Crippen LogP contribution in [0.25, 0.3) is 0 Å². The number of rotatable bonds is 4. The van der Waals surface area contributed by atoms with Crippen molar-refractivity contribution in [3.05, 3.63) is 17.0 Å². The summed E-state index contributed by atoms with van der Waals surface area (Å²) in [5.74, 6) is 0.615. The average Bonchev–Trinajstić information content (AvgIpc) is 3.08. The van der Waals surface area contributed by atoms with E-state index in [-0.39, 0.29) is 24.3 Å². The topological polar surface area (TPSA) is 75.4 Å². The molecule has 6 heteroatoms. The molecule has 1 aliphatic heterocycles. The Morgan fingerprint density at radius 1 is 1.37 bits per heavy atom. The summed E-state index contributed by atoms with van der Waals surface area (Å²) in [5.41, 5.74) is 1.78. The van der Waals surface area contributed by atoms with Crippen LogP contribution in [0.5, 0.6) is 0 Å². The Labute approximate surface area is 111 Å². The fourth-order valence-electron chi connectivity index (χ4n) is 2.51. The first-order valence-electron chi connectivity index (χ1n) is 6.59. The first kappa shape index (κ1) is 12.3. The van der Waals surface area contributed by atoms with Gasteiger partial charge in [0.25, 0.3) is 0 Å². The fourth-order valence-corrected chi connectivity index (χ4v) is 2.51. The van der Waals surface area contributed by atoms with E-state index in [0.717, 1.165) is 29.9 Å². The molecule has 102 valence electrons. The third-order valence-corrected chi connectivity index (χ3v) is 3.80. The maximum Gasteiger partial charge on any atom is 0.247 e. The summed E-state index contributed by atoms with van der Waals surface area (Å²) in [4.78, 5) is 25.4. The quantitative estimate of drug-likeness (QED) is 0.808. The minimum Gasteiger partial charge on any atom is -0.361 e. The molecule has 2 aliphatic rings. The molecule has 2 heterocycles. The molecule has 2 fully saturated rings. The minimum atomic E-state index is -0.401. The summed E-state index contributed by atoms with van der Waals surface area (Å²) in [6.07, 6.45) is 2.17. The number of hydrogen-bond donors (Lipinski definition) is 1. The van der Waals surface area contributed by atoms with Crippen molar-refractivity contribution in [2.75, 3.05) is 0 Å². The first-order chi connectivity index (χ1) is 9.08. The number of carbonyl (C=O) groups excluding carboxylic acids is 2. The summed E-state index contributed by atoms with van der Waals surface area (Å²) >= 11 is 0. The van der Waals surface area contributed by atoms with Gasteiger partial charge < -0.3 is 9.84 Å². The SMILES string of the molecule is Cc1noc(C)c1CNC1CC(=O)N(C2CC2)C1=O. The molecule has 1 atom stereocenters. The molecule has 1 N–H and O–H groups in total. The van der Waals surface area contributed by atoms with E-state index in [1.165, 1.54) is 4.90 Å². The molecule has 1 aromatic heterocycles. The van der Waals surface area contributed by atoms with Crippen molar-refractivity contribution in [2.45, 2.75) is 51.7 Å². The predicted octanol–water partition coefficient (Wildman–Crippen LogP) is 0.671. The monoisotopic (exact) mass is 263 g/mol. The molecule has 0 spiro atoms. The normalized spacial score (nSPS) is 23.5. The second-order valence-corrected chi connectivity index (χ2v) is 5.27. The number of amides is 2. The summed E-state index contributed by atoms with van der Waals surface area (Å²) in [5, 5.41) is 7.02. The van der Waals surface area contributed by atoms with Gasteiger partial charge in [0.2, 0.25) is 11.8 Å². The second-order valence-electron chi connectivity index (χ2n) is 5.27. The number of likely N-dealkylation sites (tertiary alicyclic amines) is 1. The van der Waals surface area contributed by atoms with Crippen molar-refractivity contribution in [2.24, 2.45) is 0 Å². The molecule has 1 aliphatic carbocycles. The zero-order valence-electron chi connectivity index (χ0n) is 11.1. The fraction of sp³-hybridized carbons (Fsp3) is 0.615. The zero-order valence-corrected chi connectivity index (χ0v) is 11.1. The highest BCUT2D eigenvalue weighted by Gasteiger charge is 2.45. The molecule has 0 radical (unpaired) electrons. The molecular weight excluding hydrogens is 246 g/mol. The Morgan fingerprint density at radius 2 is 2.11 bits per heavy atom. The van der Waals surface area contributed by atoms with Crippen LogP contribution >= 0.6 is 0 Å². The van der Waals surface area contributed by atoms with E-state index in [1.54, 1.807) is 0 Å². The first-order valence-corrected chi connectivity index (χ1v) is 6.59. The smallest absolute Gasteiger partial charge is 0.247 e. The average molecular weight is 263 g/mol. The van der Waals surface area contributed by atoms with Gasteiger partial charge in [-0.05, 0) is 26.7 Å². The lowest BCUT2D eigenvalue weighted by Gasteiger charge is -2.14. The summed E-state index contributed by atoms with van der Waals surface area (Å²) in [6.45, 7) is 4.21. The lowest BCUT2D eigenvalue weighted by atomic mass is 10.2. The molecule has 0 bridgehead atoms. The number of aromatic nitrogens is 1. The van der Waals surface area contributed by atoms with Crippen LogP contribution in [0, 0.1) is 13.8 Å². The van der Waals surface area contributed by atoms with Crippen LogP contribution in [0.2, 0.25) is 0 Å². The van der Waals surface area contributed by atoms with Gasteiger partial charge in [-0.25, -0.2) is 0 Å². The van der Waals surface area contributed by atoms with Crippen LogP contribution in [0.1, 0.15) is 36.3 Å². The van der Waals surface area contributed by atoms with Gasteiger partial charge in [0.15, 0.2) is 0 Å². The molecule has 1 saturated heterocycles. The molecular formula is C13H17N3O3. The van der Waals surface area contributed by atoms with Crippen LogP contribution in [0.15, 0.2) is 4.52 Å². The Morgan fingerprint density at radius 3 is 2.68 bits per heavy atom. The molecule has 1 saturated carbocycles. The van der Waals surface area contributed by atoms with Crippen LogP contribution in [0.3, 0.4) is 0 Å². The van der Waals surface area contributed by atoms with Gasteiger partial charge in [0, 0.05) is 18.2 Å². The number of carbonyl (C=O) groups is 2. The Bertz CT molecular complexity index is 514. The standard InChI is InChI=1S/C13H17N3O3/c1-7-10(8(2)19-15-7)6-14-11-5-12(17)16(13(11)18)9-3-4-9/h9,11,14H,3-6H2,1-2H3. The molecule has 3 rings (SSSR count). The van der Waals surface area contributed by atoms with E-state index >= 15 is 0 Å². The highest BCUT2D eigenvalue weighted by Crippen LogP contribution is 2.31. The van der Waals surface area contributed by atoms with E-state index < -0.39 is 6.04 Å². The van der Waals surface area contributed by atoms with Crippen molar-refractivity contribution in [3.8, 4) is 0 Å². The van der Waals surface area contributed by atoms with Gasteiger partial charge >= 0.3 is 0 Å². The van der Waals surface area contributed by atoms with Crippen molar-refractivity contribution in [3.63, 3.8) is 0 Å². The third-order valence-electron chi connectivity index (χ3n) is 3.80. The molecule has 1 aromatic rings. The third kappa shape index (κ3) is 2.16. The van der Waals surface area contributed by atoms with Crippen molar-refractivity contribution in [1.82, 2.24) is 15.4 Å². The van der Waals surface area contributed by atoms with E-state index in [1.807, 2.05) is 13.8 Å². The number of nitrogens with one attached hydrogen (secondary N) is 1. The summed E-state index contributed by atoms with van der Waals surface area (Å²) in [6, 6.07) is -0.243. The maximum atomic E-state index is 12.1. The van der Waals surface area contributed by atoms with Crippen molar-refractivity contribution >= 4 is 11.8 Å². The van der Waals surface area contributed by atoms with Crippen LogP contribution in [-0.4, -0.2) is 34.0 Å². The second kappa shape index (κ2) is 4.45. The maximum absolute atomic E-state index is 12.1. The van der Waals surface area contributed by atoms with Crippen molar-refractivity contribution < 1.29 is 14.1 Å². The predicted molar refractivity (Wildman–Crippen MR) is 66.1 cm³/mol. The van der Waals surface area contributed by atoms with E-state index in [4.69, 9.17) is 4.52 Å². The number of aryl methyl sites for hydroxylation is 2. The summed E-state index contributed by atoms with van der Waals surface area (Å²) < 4.78 is 5.08. The lowest BCUT2D eigenvalue weighted by molar-refractivity contribution is -0.139. The molecule has 2 amide bonds. The van der Waals surface area contributed by atoms with Crippen LogP contribution < -0.4 is 5.32 Å². The van der Waals surface area contributed by atoms with Crippen LogP contribution in [-0.2, 0) is 16.1 Å². The highest BCUT2D eigenvalue weighted by molar-refractivity contribution is 6.06. The zero-order chi connectivity index (χ0) is 13.6. The molecule has 1 unspecified atom stereocenters. The van der Waals surface area contributed by atoms with E-state index in [0.29, 0.717) is 6.54 Å². The number of hydrogen-bond acceptors (Lipinski definition) is 5. The van der Waals surface area contributed by atoms with E-state index in [2.05, 4.69) is 10.5 Å². The lowest BCUT2D eigenvalue weighted by Crippen LogP contribution is -2.39. The number of imide groups is 1. The largest absolute Gasteiger partial charge is 0.361 e. The van der Waals surface area contributed by atoms with Gasteiger partial charge in [0.1, 0.15) is 5.76 Å². The van der Waals surface area contributed by atoms with Crippen molar-refractivity contribution in [1.29, 1.82) is 0 Å². The van der Waals surface area contributed by atoms with Gasteiger partial charge in [-0.15, -0.1) is 0 Å².